The van der Waals surface area contributed by atoms with Crippen molar-refractivity contribution >= 4 is 17.6 Å². The molecule has 23 heavy (non-hydrogen) atoms. The fourth-order valence-corrected chi connectivity index (χ4v) is 3.92. The lowest BCUT2D eigenvalue weighted by atomic mass is 9.86. The van der Waals surface area contributed by atoms with Crippen LogP contribution in [0.2, 0.25) is 0 Å². The van der Waals surface area contributed by atoms with E-state index in [1.807, 2.05) is 6.07 Å². The average Bonchev–Trinajstić information content (AvgIpc) is 3.16. The van der Waals surface area contributed by atoms with Crippen molar-refractivity contribution in [3.8, 4) is 6.07 Å². The number of nitrogens with one attached hydrogen (secondary N) is 1. The number of fused-ring (bicyclic) bond motifs is 2. The zero-order valence-corrected chi connectivity index (χ0v) is 13.0. The first kappa shape index (κ1) is 15.5. The van der Waals surface area contributed by atoms with Gasteiger partial charge in [-0.05, 0) is 49.1 Å². The number of anilines is 1. The number of hydrogen-bond acceptors (Lipinski definition) is 4. The first-order chi connectivity index (χ1) is 11.2. The van der Waals surface area contributed by atoms with Crippen LogP contribution in [0, 0.1) is 29.1 Å². The topological polar surface area (TPSA) is 79.2 Å². The van der Waals surface area contributed by atoms with Gasteiger partial charge in [-0.3, -0.25) is 9.59 Å². The number of rotatable bonds is 5. The Bertz CT molecular complexity index is 650. The van der Waals surface area contributed by atoms with Crippen molar-refractivity contribution in [2.24, 2.45) is 17.8 Å². The first-order valence-electron chi connectivity index (χ1n) is 8.10. The molecule has 120 valence electrons. The van der Waals surface area contributed by atoms with Crippen LogP contribution in [-0.4, -0.2) is 18.5 Å². The predicted octanol–water partition coefficient (Wildman–Crippen LogP) is 2.87. The molecular formula is C18H20N2O3. The van der Waals surface area contributed by atoms with E-state index in [1.165, 1.54) is 19.3 Å². The number of nitriles is 1. The number of para-hydroxylation sites is 1. The van der Waals surface area contributed by atoms with Gasteiger partial charge in [0.05, 0.1) is 11.3 Å². The quantitative estimate of drug-likeness (QED) is 0.848. The Morgan fingerprint density at radius 3 is 2.78 bits per heavy atom. The Kier molecular flexibility index (Phi) is 4.61. The molecule has 1 amide bonds. The molecule has 2 bridgehead atoms. The van der Waals surface area contributed by atoms with Gasteiger partial charge >= 0.3 is 5.97 Å². The van der Waals surface area contributed by atoms with Gasteiger partial charge in [-0.1, -0.05) is 18.6 Å². The molecule has 2 fully saturated rings. The molecule has 2 saturated carbocycles. The number of benzene rings is 1. The van der Waals surface area contributed by atoms with E-state index in [0.717, 1.165) is 12.3 Å². The summed E-state index contributed by atoms with van der Waals surface area (Å²) in [6.45, 7) is -0.306. The molecule has 0 saturated heterocycles. The second-order valence-electron chi connectivity index (χ2n) is 6.51. The predicted molar refractivity (Wildman–Crippen MR) is 84.3 cm³/mol. The molecule has 1 aromatic rings. The van der Waals surface area contributed by atoms with Crippen LogP contribution in [-0.2, 0) is 14.3 Å². The summed E-state index contributed by atoms with van der Waals surface area (Å²) in [7, 11) is 0. The molecule has 0 aromatic heterocycles. The molecule has 3 atom stereocenters. The summed E-state index contributed by atoms with van der Waals surface area (Å²) in [4.78, 5) is 23.8. The lowest BCUT2D eigenvalue weighted by molar-refractivity contribution is -0.148. The van der Waals surface area contributed by atoms with Crippen LogP contribution in [0.5, 0.6) is 0 Å². The third-order valence-electron chi connectivity index (χ3n) is 5.00. The van der Waals surface area contributed by atoms with Gasteiger partial charge in [-0.25, -0.2) is 0 Å². The second kappa shape index (κ2) is 6.82. The summed E-state index contributed by atoms with van der Waals surface area (Å²) in [5.74, 6) is 1.18. The van der Waals surface area contributed by atoms with E-state index in [1.54, 1.807) is 24.3 Å². The third kappa shape index (κ3) is 3.70. The largest absolute Gasteiger partial charge is 0.456 e. The normalized spacial score (nSPS) is 24.9. The van der Waals surface area contributed by atoms with Gasteiger partial charge in [0.2, 0.25) is 0 Å². The van der Waals surface area contributed by atoms with Gasteiger partial charge in [-0.2, -0.15) is 5.26 Å². The Hall–Kier alpha value is -2.35. The minimum Gasteiger partial charge on any atom is -0.456 e. The van der Waals surface area contributed by atoms with Crippen LogP contribution in [0.1, 0.15) is 37.7 Å². The molecule has 1 N–H and O–H groups in total. The highest BCUT2D eigenvalue weighted by Crippen LogP contribution is 2.49. The standard InChI is InChI=1S/C18H20N2O3/c19-10-14-3-1-2-4-16(14)20-17(21)11-23-18(22)9-15-8-12-5-6-13(15)7-12/h1-4,12-13,15H,5-9,11H2,(H,20,21). The summed E-state index contributed by atoms with van der Waals surface area (Å²) >= 11 is 0. The van der Waals surface area contributed by atoms with Crippen molar-refractivity contribution in [1.82, 2.24) is 0 Å². The van der Waals surface area contributed by atoms with E-state index in [0.29, 0.717) is 29.5 Å². The molecule has 0 spiro atoms. The van der Waals surface area contributed by atoms with E-state index < -0.39 is 5.91 Å². The van der Waals surface area contributed by atoms with E-state index in [-0.39, 0.29) is 12.6 Å². The van der Waals surface area contributed by atoms with E-state index in [2.05, 4.69) is 5.32 Å². The van der Waals surface area contributed by atoms with Crippen LogP contribution in [0.25, 0.3) is 0 Å². The fourth-order valence-electron chi connectivity index (χ4n) is 3.92. The van der Waals surface area contributed by atoms with Crippen molar-refractivity contribution in [3.05, 3.63) is 29.8 Å². The number of carbonyl (C=O) groups is 2. The molecule has 5 heteroatoms. The maximum atomic E-state index is 11.9. The van der Waals surface area contributed by atoms with Crippen LogP contribution in [0.4, 0.5) is 5.69 Å². The highest BCUT2D eigenvalue weighted by atomic mass is 16.5. The van der Waals surface area contributed by atoms with Crippen LogP contribution >= 0.6 is 0 Å². The SMILES string of the molecule is N#Cc1ccccc1NC(=O)COC(=O)CC1CC2CCC1C2. The summed E-state index contributed by atoms with van der Waals surface area (Å²) in [5.41, 5.74) is 0.818. The van der Waals surface area contributed by atoms with E-state index >= 15 is 0 Å². The van der Waals surface area contributed by atoms with Crippen LogP contribution in [0.3, 0.4) is 0 Å². The number of ether oxygens (including phenoxy) is 1. The Labute approximate surface area is 135 Å². The minimum atomic E-state index is -0.422. The summed E-state index contributed by atoms with van der Waals surface area (Å²) in [6, 6.07) is 8.73. The van der Waals surface area contributed by atoms with Gasteiger partial charge in [0.15, 0.2) is 6.61 Å². The molecule has 2 aliphatic rings. The number of hydrogen-bond donors (Lipinski definition) is 1. The Balaban J connectivity index is 1.44. The molecule has 3 rings (SSSR count). The maximum absolute atomic E-state index is 11.9. The first-order valence-corrected chi connectivity index (χ1v) is 8.10. The van der Waals surface area contributed by atoms with Crippen molar-refractivity contribution in [2.45, 2.75) is 32.1 Å². The molecule has 3 unspecified atom stereocenters. The molecule has 1 aromatic carbocycles. The van der Waals surface area contributed by atoms with Crippen molar-refractivity contribution in [3.63, 3.8) is 0 Å². The maximum Gasteiger partial charge on any atom is 0.306 e. The van der Waals surface area contributed by atoms with Crippen molar-refractivity contribution in [1.29, 1.82) is 5.26 Å². The summed E-state index contributed by atoms with van der Waals surface area (Å²) in [5, 5.41) is 11.6. The monoisotopic (exact) mass is 312 g/mol. The Morgan fingerprint density at radius 2 is 2.09 bits per heavy atom. The number of carbonyl (C=O) groups excluding carboxylic acids is 2. The second-order valence-corrected chi connectivity index (χ2v) is 6.51. The van der Waals surface area contributed by atoms with Gasteiger partial charge in [-0.15, -0.1) is 0 Å². The zero-order valence-electron chi connectivity index (χ0n) is 13.0. The molecule has 5 nitrogen and oxygen atoms in total. The van der Waals surface area contributed by atoms with Gasteiger partial charge < -0.3 is 10.1 Å². The van der Waals surface area contributed by atoms with Gasteiger partial charge in [0.25, 0.3) is 5.91 Å². The Morgan fingerprint density at radius 1 is 1.26 bits per heavy atom. The molecular weight excluding hydrogens is 292 g/mol. The van der Waals surface area contributed by atoms with E-state index in [4.69, 9.17) is 10.00 Å². The molecule has 0 aliphatic heterocycles. The highest BCUT2D eigenvalue weighted by molar-refractivity contribution is 5.93. The van der Waals surface area contributed by atoms with E-state index in [9.17, 15) is 9.59 Å². The molecule has 2 aliphatic carbocycles. The zero-order chi connectivity index (χ0) is 16.2. The van der Waals surface area contributed by atoms with Crippen molar-refractivity contribution in [2.75, 3.05) is 11.9 Å². The lowest BCUT2D eigenvalue weighted by Gasteiger charge is -2.20. The highest BCUT2D eigenvalue weighted by Gasteiger charge is 2.40. The van der Waals surface area contributed by atoms with Crippen LogP contribution in [0.15, 0.2) is 24.3 Å². The summed E-state index contributed by atoms with van der Waals surface area (Å²) < 4.78 is 5.09. The number of nitrogens with zero attached hydrogens (tertiary/aromatic N) is 1. The molecule has 0 heterocycles. The minimum absolute atomic E-state index is 0.300. The fraction of sp³-hybridized carbons (Fsp3) is 0.500. The van der Waals surface area contributed by atoms with Crippen molar-refractivity contribution < 1.29 is 14.3 Å². The van der Waals surface area contributed by atoms with Gasteiger partial charge in [0.1, 0.15) is 6.07 Å². The number of amides is 1. The van der Waals surface area contributed by atoms with Gasteiger partial charge in [0, 0.05) is 6.42 Å². The number of esters is 1. The summed E-state index contributed by atoms with van der Waals surface area (Å²) in [6.07, 6.45) is 5.33. The van der Waals surface area contributed by atoms with Crippen LogP contribution < -0.4 is 5.32 Å². The molecule has 0 radical (unpaired) electrons. The lowest BCUT2D eigenvalue weighted by Crippen LogP contribution is -2.23. The third-order valence-corrected chi connectivity index (χ3v) is 5.00. The average molecular weight is 312 g/mol. The smallest absolute Gasteiger partial charge is 0.306 e.